The smallest absolute Gasteiger partial charge is 0.261 e. The Balaban J connectivity index is 1.24. The molecule has 2 amide bonds. The van der Waals surface area contributed by atoms with Crippen molar-refractivity contribution >= 4 is 52.0 Å². The lowest BCUT2D eigenvalue weighted by Gasteiger charge is -2.22. The minimum absolute atomic E-state index is 0.0600. The first-order valence-corrected chi connectivity index (χ1v) is 15.9. The summed E-state index contributed by atoms with van der Waals surface area (Å²) < 4.78 is 15.5. The van der Waals surface area contributed by atoms with Gasteiger partial charge in [-0.15, -0.1) is 32.9 Å². The summed E-state index contributed by atoms with van der Waals surface area (Å²) >= 11 is 4.16. The lowest BCUT2D eigenvalue weighted by Crippen LogP contribution is -2.28. The fourth-order valence-corrected chi connectivity index (χ4v) is 6.77. The van der Waals surface area contributed by atoms with Crippen molar-refractivity contribution in [2.75, 3.05) is 5.75 Å². The van der Waals surface area contributed by atoms with Crippen LogP contribution >= 0.6 is 34.4 Å². The van der Waals surface area contributed by atoms with Crippen LogP contribution in [0.25, 0.3) is 5.69 Å². The van der Waals surface area contributed by atoms with E-state index in [9.17, 15) is 14.0 Å². The number of amides is 2. The molecule has 2 aromatic carbocycles. The van der Waals surface area contributed by atoms with Crippen LogP contribution in [0.2, 0.25) is 0 Å². The van der Waals surface area contributed by atoms with Crippen molar-refractivity contribution in [3.8, 4) is 5.69 Å². The van der Waals surface area contributed by atoms with Crippen molar-refractivity contribution in [2.45, 2.75) is 31.1 Å². The first kappa shape index (κ1) is 28.0. The number of aryl methyl sites for hydroxylation is 1. The molecule has 1 aliphatic rings. The van der Waals surface area contributed by atoms with Gasteiger partial charge in [0, 0.05) is 12.1 Å². The Bertz CT molecular complexity index is 1720. The molecule has 212 valence electrons. The summed E-state index contributed by atoms with van der Waals surface area (Å²) in [5, 5.41) is 22.1. The van der Waals surface area contributed by atoms with Gasteiger partial charge in [-0.1, -0.05) is 53.7 Å². The summed E-state index contributed by atoms with van der Waals surface area (Å²) in [6.45, 7) is 2.14. The largest absolute Gasteiger partial charge is 0.344 e. The maximum absolute atomic E-state index is 13.7. The number of nitrogens with one attached hydrogen (secondary N) is 1. The van der Waals surface area contributed by atoms with E-state index < -0.39 is 0 Å². The third kappa shape index (κ3) is 6.06. The van der Waals surface area contributed by atoms with Gasteiger partial charge in [0.05, 0.1) is 33.8 Å². The molecule has 1 N–H and O–H groups in total. The molecule has 8 nitrogen and oxygen atoms in total. The van der Waals surface area contributed by atoms with Gasteiger partial charge < -0.3 is 5.32 Å². The van der Waals surface area contributed by atoms with E-state index in [-0.39, 0.29) is 36.0 Å². The van der Waals surface area contributed by atoms with Crippen molar-refractivity contribution in [1.29, 1.82) is 0 Å². The molecular formula is C30H25FN6O2S3. The van der Waals surface area contributed by atoms with Gasteiger partial charge in [0.25, 0.3) is 11.8 Å². The molecule has 0 radical (unpaired) electrons. The Kier molecular flexibility index (Phi) is 8.27. The summed E-state index contributed by atoms with van der Waals surface area (Å²) in [6.07, 6.45) is 0.625. The topological polar surface area (TPSA) is 92.5 Å². The zero-order chi connectivity index (χ0) is 29.1. The Morgan fingerprint density at radius 3 is 2.48 bits per heavy atom. The Hall–Kier alpha value is -4.13. The van der Waals surface area contributed by atoms with E-state index in [2.05, 4.69) is 15.5 Å². The van der Waals surface area contributed by atoms with E-state index in [0.29, 0.717) is 28.0 Å². The van der Waals surface area contributed by atoms with Crippen LogP contribution in [0.4, 0.5) is 4.39 Å². The van der Waals surface area contributed by atoms with Crippen molar-refractivity contribution in [3.63, 3.8) is 0 Å². The van der Waals surface area contributed by atoms with E-state index in [1.807, 2.05) is 60.1 Å². The summed E-state index contributed by atoms with van der Waals surface area (Å²) in [7, 11) is 0. The number of carbonyl (C=O) groups is 2. The van der Waals surface area contributed by atoms with Gasteiger partial charge in [-0.25, -0.2) is 9.40 Å². The fraction of sp³-hybridized carbons (Fsp3) is 0.167. The Labute approximate surface area is 253 Å². The van der Waals surface area contributed by atoms with Gasteiger partial charge in [-0.3, -0.25) is 14.2 Å². The molecular weight excluding hydrogens is 592 g/mol. The molecule has 1 aliphatic heterocycles. The summed E-state index contributed by atoms with van der Waals surface area (Å²) in [5.74, 6) is -0.251. The van der Waals surface area contributed by atoms with Crippen LogP contribution in [-0.4, -0.2) is 43.1 Å². The molecule has 5 aromatic rings. The van der Waals surface area contributed by atoms with Crippen LogP contribution in [0, 0.1) is 12.7 Å². The van der Waals surface area contributed by atoms with Crippen LogP contribution in [0.3, 0.4) is 0 Å². The number of rotatable bonds is 9. The number of hydrazone groups is 1. The number of thiophene rings is 2. The minimum Gasteiger partial charge on any atom is -0.344 e. The molecule has 6 rings (SSSR count). The lowest BCUT2D eigenvalue weighted by molar-refractivity contribution is -0.130. The maximum atomic E-state index is 13.7. The third-order valence-corrected chi connectivity index (χ3v) is 9.40. The standard InChI is InChI=1S/C30H25FN6O2S3/c1-19-6-8-20(9-7-19)24-16-23(25-4-2-14-40-25)35-37(24)28(38)18-42-30-34-33-27(17-32-29(39)26-5-3-15-41-26)36(30)22-12-10-21(31)11-13-22/h2-15,24H,16-18H2,1H3,(H,32,39). The zero-order valence-corrected chi connectivity index (χ0v) is 24.9. The van der Waals surface area contributed by atoms with Gasteiger partial charge in [-0.05, 0) is 59.6 Å². The van der Waals surface area contributed by atoms with Crippen molar-refractivity contribution in [2.24, 2.45) is 5.10 Å². The van der Waals surface area contributed by atoms with Crippen LogP contribution in [0.1, 0.15) is 44.0 Å². The molecule has 0 saturated carbocycles. The van der Waals surface area contributed by atoms with Gasteiger partial charge in [-0.2, -0.15) is 5.10 Å². The molecule has 0 aliphatic carbocycles. The minimum atomic E-state index is -0.376. The zero-order valence-electron chi connectivity index (χ0n) is 22.4. The van der Waals surface area contributed by atoms with E-state index >= 15 is 0 Å². The average Bonchev–Trinajstić information content (AvgIpc) is 3.82. The van der Waals surface area contributed by atoms with Crippen LogP contribution in [0.5, 0.6) is 0 Å². The predicted molar refractivity (Wildman–Crippen MR) is 164 cm³/mol. The van der Waals surface area contributed by atoms with Gasteiger partial charge in [0.1, 0.15) is 5.82 Å². The number of carbonyl (C=O) groups excluding carboxylic acids is 2. The number of aromatic nitrogens is 3. The van der Waals surface area contributed by atoms with Crippen LogP contribution in [0.15, 0.2) is 93.8 Å². The summed E-state index contributed by atoms with van der Waals surface area (Å²) in [5.41, 5.74) is 3.67. The molecule has 42 heavy (non-hydrogen) atoms. The first-order valence-electron chi connectivity index (χ1n) is 13.1. The molecule has 3 aromatic heterocycles. The highest BCUT2D eigenvalue weighted by Crippen LogP contribution is 2.35. The van der Waals surface area contributed by atoms with E-state index in [4.69, 9.17) is 5.10 Å². The molecule has 0 fully saturated rings. The highest BCUT2D eigenvalue weighted by molar-refractivity contribution is 7.99. The SMILES string of the molecule is Cc1ccc(C2CC(c3cccs3)=NN2C(=O)CSc2nnc(CNC(=O)c3cccs3)n2-c2ccc(F)cc2)cc1. The second-order valence-electron chi connectivity index (χ2n) is 9.55. The number of hydrogen-bond donors (Lipinski definition) is 1. The summed E-state index contributed by atoms with van der Waals surface area (Å²) in [6, 6.07) is 21.4. The summed E-state index contributed by atoms with van der Waals surface area (Å²) in [4.78, 5) is 27.8. The number of hydrogen-bond acceptors (Lipinski definition) is 8. The van der Waals surface area contributed by atoms with Crippen molar-refractivity contribution < 1.29 is 14.0 Å². The van der Waals surface area contributed by atoms with Crippen molar-refractivity contribution in [3.05, 3.63) is 116 Å². The molecule has 4 heterocycles. The van der Waals surface area contributed by atoms with Crippen LogP contribution < -0.4 is 5.32 Å². The number of thioether (sulfide) groups is 1. The fourth-order valence-electron chi connectivity index (χ4n) is 4.58. The second-order valence-corrected chi connectivity index (χ2v) is 12.4. The molecule has 0 bridgehead atoms. The number of halogens is 1. The van der Waals surface area contributed by atoms with Gasteiger partial charge >= 0.3 is 0 Å². The third-order valence-electron chi connectivity index (χ3n) is 6.70. The molecule has 0 spiro atoms. The van der Waals surface area contributed by atoms with E-state index in [1.165, 1.54) is 35.2 Å². The first-order chi connectivity index (χ1) is 20.5. The second kappa shape index (κ2) is 12.4. The van der Waals surface area contributed by atoms with E-state index in [1.54, 1.807) is 39.1 Å². The molecule has 12 heteroatoms. The van der Waals surface area contributed by atoms with Gasteiger partial charge in [0.15, 0.2) is 11.0 Å². The van der Waals surface area contributed by atoms with Gasteiger partial charge in [0.2, 0.25) is 0 Å². The monoisotopic (exact) mass is 616 g/mol. The average molecular weight is 617 g/mol. The maximum Gasteiger partial charge on any atom is 0.261 e. The molecule has 1 unspecified atom stereocenters. The number of nitrogens with zero attached hydrogens (tertiary/aromatic N) is 5. The Morgan fingerprint density at radius 2 is 1.76 bits per heavy atom. The highest BCUT2D eigenvalue weighted by Gasteiger charge is 2.33. The van der Waals surface area contributed by atoms with Crippen LogP contribution in [-0.2, 0) is 11.3 Å². The van der Waals surface area contributed by atoms with Crippen molar-refractivity contribution in [1.82, 2.24) is 25.1 Å². The highest BCUT2D eigenvalue weighted by atomic mass is 32.2. The molecule has 0 saturated heterocycles. The normalized spacial score (nSPS) is 14.7. The molecule has 1 atom stereocenters. The lowest BCUT2D eigenvalue weighted by atomic mass is 10.00. The quantitative estimate of drug-likeness (QED) is 0.198. The predicted octanol–water partition coefficient (Wildman–Crippen LogP) is 6.24. The Morgan fingerprint density at radius 1 is 1.00 bits per heavy atom. The number of benzene rings is 2. The van der Waals surface area contributed by atoms with E-state index in [0.717, 1.165) is 21.7 Å².